The molecule has 2 heteroatoms. The summed E-state index contributed by atoms with van der Waals surface area (Å²) in [6.45, 7) is 17.5. The van der Waals surface area contributed by atoms with Crippen molar-refractivity contribution in [2.75, 3.05) is 0 Å². The molecule has 0 aliphatic carbocycles. The van der Waals surface area contributed by atoms with Crippen molar-refractivity contribution in [1.29, 1.82) is 0 Å². The minimum Gasteiger partial charge on any atom is -0.228 e. The van der Waals surface area contributed by atoms with E-state index < -0.39 is 0 Å². The quantitative estimate of drug-likeness (QED) is 0.316. The molecule has 0 saturated carbocycles. The minimum absolute atomic E-state index is 0.751. The van der Waals surface area contributed by atoms with E-state index in [-0.39, 0.29) is 0 Å². The molecule has 1 aromatic heterocycles. The van der Waals surface area contributed by atoms with Crippen molar-refractivity contribution in [2.24, 2.45) is 0 Å². The van der Waals surface area contributed by atoms with Gasteiger partial charge in [0, 0.05) is 11.1 Å². The molecule has 0 bridgehead atoms. The van der Waals surface area contributed by atoms with Crippen LogP contribution in [0.5, 0.6) is 0 Å². The van der Waals surface area contributed by atoms with Crippen molar-refractivity contribution in [3.63, 3.8) is 0 Å². The van der Waals surface area contributed by atoms with E-state index in [2.05, 4.69) is 69.0 Å². The van der Waals surface area contributed by atoms with E-state index in [9.17, 15) is 0 Å². The first-order valence-corrected chi connectivity index (χ1v) is 10.9. The van der Waals surface area contributed by atoms with Crippen LogP contribution in [-0.2, 0) is 0 Å². The van der Waals surface area contributed by atoms with Crippen LogP contribution in [-0.4, -0.2) is 9.97 Å². The van der Waals surface area contributed by atoms with Crippen molar-refractivity contribution in [2.45, 2.75) is 48.5 Å². The summed E-state index contributed by atoms with van der Waals surface area (Å²) in [7, 11) is 0. The van der Waals surface area contributed by atoms with Crippen LogP contribution in [0.2, 0.25) is 0 Å². The second-order valence-electron chi connectivity index (χ2n) is 6.86. The van der Waals surface area contributed by atoms with Crippen molar-refractivity contribution >= 4 is 5.57 Å². The highest BCUT2D eigenvalue weighted by Gasteiger charge is 2.11. The van der Waals surface area contributed by atoms with Gasteiger partial charge in [0.1, 0.15) is 0 Å². The lowest BCUT2D eigenvalue weighted by Gasteiger charge is -2.11. The van der Waals surface area contributed by atoms with E-state index in [1.165, 1.54) is 11.1 Å². The lowest BCUT2D eigenvalue weighted by Crippen LogP contribution is -1.98. The standard InChI is InChI=1S/C24H24N2.C3H6.C2H6/c1-5-10-19(6-2)22-16-23(21-14-17(3)13-18(4)15-21)26-24(25-22)20-11-8-7-9-12-20;1-3-2;1-2/h5-16H,1-4H3;3H,1H2,2H3;1-2H3/b10-5-,19-6+;;. The molecule has 0 saturated heterocycles. The van der Waals surface area contributed by atoms with Crippen LogP contribution >= 0.6 is 0 Å². The van der Waals surface area contributed by atoms with E-state index in [0.717, 1.165) is 33.9 Å². The molecule has 3 rings (SSSR count). The van der Waals surface area contributed by atoms with Crippen LogP contribution < -0.4 is 0 Å². The van der Waals surface area contributed by atoms with E-state index in [4.69, 9.17) is 9.97 Å². The zero-order chi connectivity index (χ0) is 23.2. The summed E-state index contributed by atoms with van der Waals surface area (Å²) in [6, 6.07) is 18.8. The van der Waals surface area contributed by atoms with E-state index in [0.29, 0.717) is 0 Å². The topological polar surface area (TPSA) is 25.8 Å². The molecular weight excluding hydrogens is 376 g/mol. The molecule has 1 heterocycles. The molecule has 0 amide bonds. The molecule has 2 aromatic carbocycles. The molecular formula is C29H36N2. The van der Waals surface area contributed by atoms with Gasteiger partial charge in [-0.05, 0) is 58.4 Å². The molecule has 0 spiro atoms. The Morgan fingerprint density at radius 1 is 0.806 bits per heavy atom. The molecule has 0 unspecified atom stereocenters. The summed E-state index contributed by atoms with van der Waals surface area (Å²) in [4.78, 5) is 9.70. The predicted molar refractivity (Wildman–Crippen MR) is 138 cm³/mol. The molecule has 2 nitrogen and oxygen atoms in total. The van der Waals surface area contributed by atoms with Gasteiger partial charge in [-0.25, -0.2) is 9.97 Å². The van der Waals surface area contributed by atoms with Gasteiger partial charge < -0.3 is 0 Å². The highest BCUT2D eigenvalue weighted by Crippen LogP contribution is 2.27. The molecule has 31 heavy (non-hydrogen) atoms. The molecule has 0 N–H and O–H groups in total. The lowest BCUT2D eigenvalue weighted by atomic mass is 10.0. The number of aryl methyl sites for hydroxylation is 2. The maximum Gasteiger partial charge on any atom is 0.160 e. The fourth-order valence-electron chi connectivity index (χ4n) is 3.09. The largest absolute Gasteiger partial charge is 0.228 e. The van der Waals surface area contributed by atoms with E-state index in [1.54, 1.807) is 6.08 Å². The highest BCUT2D eigenvalue weighted by molar-refractivity contribution is 5.76. The third-order valence-corrected chi connectivity index (χ3v) is 4.23. The Labute approximate surface area is 189 Å². The summed E-state index contributed by atoms with van der Waals surface area (Å²) in [5.74, 6) is 0.751. The van der Waals surface area contributed by atoms with Gasteiger partial charge in [-0.3, -0.25) is 0 Å². The number of hydrogen-bond donors (Lipinski definition) is 0. The zero-order valence-electron chi connectivity index (χ0n) is 20.1. The van der Waals surface area contributed by atoms with Gasteiger partial charge in [0.15, 0.2) is 5.82 Å². The smallest absolute Gasteiger partial charge is 0.160 e. The van der Waals surface area contributed by atoms with Gasteiger partial charge in [-0.15, -0.1) is 6.58 Å². The summed E-state index contributed by atoms with van der Waals surface area (Å²) in [5.41, 5.74) is 7.60. The molecule has 0 radical (unpaired) electrons. The first-order chi connectivity index (χ1) is 15.0. The van der Waals surface area contributed by atoms with Gasteiger partial charge in [0.05, 0.1) is 11.4 Å². The number of allylic oxidation sites excluding steroid dienone is 5. The van der Waals surface area contributed by atoms with Crippen LogP contribution in [0, 0.1) is 13.8 Å². The zero-order valence-corrected chi connectivity index (χ0v) is 20.1. The third kappa shape index (κ3) is 7.82. The molecule has 0 aliphatic rings. The first-order valence-electron chi connectivity index (χ1n) is 10.9. The van der Waals surface area contributed by atoms with Gasteiger partial charge in [0.25, 0.3) is 0 Å². The van der Waals surface area contributed by atoms with Gasteiger partial charge in [0.2, 0.25) is 0 Å². The van der Waals surface area contributed by atoms with Crippen LogP contribution in [0.25, 0.3) is 28.2 Å². The Morgan fingerprint density at radius 2 is 1.39 bits per heavy atom. The number of rotatable bonds is 4. The second-order valence-corrected chi connectivity index (χ2v) is 6.86. The summed E-state index contributed by atoms with van der Waals surface area (Å²) in [6.07, 6.45) is 7.96. The predicted octanol–water partition coefficient (Wildman–Crippen LogP) is 8.63. The Kier molecular flexibility index (Phi) is 11.5. The van der Waals surface area contributed by atoms with Crippen molar-refractivity contribution < 1.29 is 0 Å². The molecule has 0 atom stereocenters. The average molecular weight is 413 g/mol. The number of aromatic nitrogens is 2. The summed E-state index contributed by atoms with van der Waals surface area (Å²) >= 11 is 0. The maximum atomic E-state index is 4.87. The SMILES string of the molecule is C/C=C\C(=C/C)c1cc(-c2cc(C)cc(C)c2)nc(-c2ccccc2)n1.C=CC.CC. The highest BCUT2D eigenvalue weighted by atomic mass is 14.9. The Balaban J connectivity index is 0.000000884. The van der Waals surface area contributed by atoms with Crippen molar-refractivity contribution in [3.05, 3.63) is 102 Å². The number of nitrogens with zero attached hydrogens (tertiary/aromatic N) is 2. The monoisotopic (exact) mass is 412 g/mol. The van der Waals surface area contributed by atoms with Crippen LogP contribution in [0.1, 0.15) is 51.4 Å². The van der Waals surface area contributed by atoms with E-state index in [1.807, 2.05) is 58.9 Å². The van der Waals surface area contributed by atoms with Gasteiger partial charge >= 0.3 is 0 Å². The maximum absolute atomic E-state index is 4.87. The Morgan fingerprint density at radius 3 is 1.90 bits per heavy atom. The molecule has 3 aromatic rings. The Bertz CT molecular complexity index is 992. The van der Waals surface area contributed by atoms with Crippen LogP contribution in [0.15, 0.2) is 85.5 Å². The fraction of sp³-hybridized carbons (Fsp3) is 0.241. The lowest BCUT2D eigenvalue weighted by molar-refractivity contribution is 1.15. The van der Waals surface area contributed by atoms with E-state index >= 15 is 0 Å². The second kappa shape index (κ2) is 13.9. The van der Waals surface area contributed by atoms with Crippen LogP contribution in [0.3, 0.4) is 0 Å². The van der Waals surface area contributed by atoms with Gasteiger partial charge in [-0.1, -0.05) is 85.7 Å². The van der Waals surface area contributed by atoms with Crippen LogP contribution in [0.4, 0.5) is 0 Å². The van der Waals surface area contributed by atoms with Crippen molar-refractivity contribution in [1.82, 2.24) is 9.97 Å². The Hall–Kier alpha value is -3.26. The molecule has 0 fully saturated rings. The fourth-order valence-corrected chi connectivity index (χ4v) is 3.09. The number of benzene rings is 2. The molecule has 0 aliphatic heterocycles. The minimum atomic E-state index is 0.751. The summed E-state index contributed by atoms with van der Waals surface area (Å²) in [5, 5.41) is 0. The third-order valence-electron chi connectivity index (χ3n) is 4.23. The molecule has 162 valence electrons. The van der Waals surface area contributed by atoms with Crippen molar-refractivity contribution in [3.8, 4) is 22.6 Å². The van der Waals surface area contributed by atoms with Gasteiger partial charge in [-0.2, -0.15) is 0 Å². The summed E-state index contributed by atoms with van der Waals surface area (Å²) < 4.78 is 0. The normalized spacial score (nSPS) is 10.6. The number of hydrogen-bond acceptors (Lipinski definition) is 2. The average Bonchev–Trinajstić information content (AvgIpc) is 2.79. The first kappa shape index (κ1) is 25.8.